The van der Waals surface area contributed by atoms with Crippen LogP contribution in [0.2, 0.25) is 0 Å². The van der Waals surface area contributed by atoms with E-state index in [1.165, 1.54) is 5.56 Å². The molecule has 0 saturated heterocycles. The highest BCUT2D eigenvalue weighted by atomic mass is 16.5. The first-order valence-corrected chi connectivity index (χ1v) is 7.18. The SMILES string of the molecule is CCNC(CC)c1ccc(OCc2ccncc2)cc1. The molecule has 1 N–H and O–H groups in total. The van der Waals surface area contributed by atoms with Crippen molar-refractivity contribution in [3.05, 3.63) is 59.9 Å². The molecule has 1 atom stereocenters. The first-order chi connectivity index (χ1) is 9.83. The molecule has 1 aromatic heterocycles. The van der Waals surface area contributed by atoms with Crippen LogP contribution in [0.4, 0.5) is 0 Å². The quantitative estimate of drug-likeness (QED) is 0.832. The number of aromatic nitrogens is 1. The standard InChI is InChI=1S/C17H22N2O/c1-3-17(19-4-2)15-5-7-16(8-6-15)20-13-14-9-11-18-12-10-14/h5-12,17,19H,3-4,13H2,1-2H3. The Morgan fingerprint density at radius 3 is 2.35 bits per heavy atom. The number of hydrogen-bond acceptors (Lipinski definition) is 3. The Kier molecular flexibility index (Phi) is 5.56. The summed E-state index contributed by atoms with van der Waals surface area (Å²) in [5.41, 5.74) is 2.44. The van der Waals surface area contributed by atoms with Crippen molar-refractivity contribution in [2.75, 3.05) is 6.54 Å². The molecule has 0 saturated carbocycles. The number of benzene rings is 1. The predicted octanol–water partition coefficient (Wildman–Crippen LogP) is 3.72. The highest BCUT2D eigenvalue weighted by Crippen LogP contribution is 2.20. The molecule has 0 fully saturated rings. The van der Waals surface area contributed by atoms with Gasteiger partial charge in [-0.05, 0) is 48.4 Å². The Bertz CT molecular complexity index is 496. The summed E-state index contributed by atoms with van der Waals surface area (Å²) in [6.07, 6.45) is 4.65. The average Bonchev–Trinajstić information content (AvgIpc) is 2.52. The van der Waals surface area contributed by atoms with Gasteiger partial charge in [0.25, 0.3) is 0 Å². The fraction of sp³-hybridized carbons (Fsp3) is 0.353. The molecular weight excluding hydrogens is 248 g/mol. The lowest BCUT2D eigenvalue weighted by atomic mass is 10.0. The molecule has 2 rings (SSSR count). The van der Waals surface area contributed by atoms with Crippen molar-refractivity contribution < 1.29 is 4.74 Å². The van der Waals surface area contributed by atoms with Crippen molar-refractivity contribution in [2.24, 2.45) is 0 Å². The average molecular weight is 270 g/mol. The normalized spacial score (nSPS) is 12.1. The van der Waals surface area contributed by atoms with E-state index in [1.54, 1.807) is 12.4 Å². The number of pyridine rings is 1. The van der Waals surface area contributed by atoms with Gasteiger partial charge in [-0.3, -0.25) is 4.98 Å². The van der Waals surface area contributed by atoms with E-state index in [2.05, 4.69) is 36.3 Å². The fourth-order valence-corrected chi connectivity index (χ4v) is 2.19. The Morgan fingerprint density at radius 2 is 1.75 bits per heavy atom. The lowest BCUT2D eigenvalue weighted by Gasteiger charge is -2.16. The van der Waals surface area contributed by atoms with Crippen LogP contribution >= 0.6 is 0 Å². The second kappa shape index (κ2) is 7.65. The molecule has 1 aromatic carbocycles. The zero-order chi connectivity index (χ0) is 14.2. The van der Waals surface area contributed by atoms with Gasteiger partial charge in [0.05, 0.1) is 0 Å². The zero-order valence-corrected chi connectivity index (χ0v) is 12.2. The summed E-state index contributed by atoms with van der Waals surface area (Å²) in [6, 6.07) is 12.7. The molecule has 0 bridgehead atoms. The first-order valence-electron chi connectivity index (χ1n) is 7.18. The van der Waals surface area contributed by atoms with E-state index >= 15 is 0 Å². The molecule has 2 aromatic rings. The van der Waals surface area contributed by atoms with Crippen molar-refractivity contribution in [3.8, 4) is 5.75 Å². The Hall–Kier alpha value is -1.87. The second-order valence-corrected chi connectivity index (χ2v) is 4.73. The third kappa shape index (κ3) is 4.07. The molecule has 0 spiro atoms. The molecule has 0 aliphatic heterocycles. The molecule has 1 unspecified atom stereocenters. The number of rotatable bonds is 7. The van der Waals surface area contributed by atoms with Crippen molar-refractivity contribution in [2.45, 2.75) is 32.9 Å². The highest BCUT2D eigenvalue weighted by Gasteiger charge is 2.07. The molecule has 106 valence electrons. The molecule has 0 aliphatic carbocycles. The smallest absolute Gasteiger partial charge is 0.119 e. The maximum Gasteiger partial charge on any atom is 0.119 e. The van der Waals surface area contributed by atoms with Crippen LogP contribution in [0.3, 0.4) is 0 Å². The number of hydrogen-bond donors (Lipinski definition) is 1. The molecule has 0 radical (unpaired) electrons. The summed E-state index contributed by atoms with van der Waals surface area (Å²) in [5, 5.41) is 3.48. The van der Waals surface area contributed by atoms with Crippen LogP contribution in [0, 0.1) is 0 Å². The van der Waals surface area contributed by atoms with E-state index in [1.807, 2.05) is 24.3 Å². The minimum absolute atomic E-state index is 0.425. The van der Waals surface area contributed by atoms with Gasteiger partial charge >= 0.3 is 0 Å². The van der Waals surface area contributed by atoms with E-state index < -0.39 is 0 Å². The molecule has 3 nitrogen and oxygen atoms in total. The Labute approximate surface area is 121 Å². The van der Waals surface area contributed by atoms with Crippen molar-refractivity contribution in [1.29, 1.82) is 0 Å². The Balaban J connectivity index is 1.94. The molecule has 0 amide bonds. The zero-order valence-electron chi connectivity index (χ0n) is 12.2. The lowest BCUT2D eigenvalue weighted by molar-refractivity contribution is 0.306. The van der Waals surface area contributed by atoms with Crippen LogP contribution in [0.5, 0.6) is 5.75 Å². The number of nitrogens with zero attached hydrogens (tertiary/aromatic N) is 1. The topological polar surface area (TPSA) is 34.1 Å². The van der Waals surface area contributed by atoms with E-state index in [-0.39, 0.29) is 0 Å². The monoisotopic (exact) mass is 270 g/mol. The van der Waals surface area contributed by atoms with E-state index in [4.69, 9.17) is 4.74 Å². The summed E-state index contributed by atoms with van der Waals surface area (Å²) in [5.74, 6) is 0.900. The van der Waals surface area contributed by atoms with Crippen LogP contribution in [0.15, 0.2) is 48.8 Å². The first kappa shape index (κ1) is 14.5. The summed E-state index contributed by atoms with van der Waals surface area (Å²) < 4.78 is 5.77. The number of nitrogens with one attached hydrogen (secondary N) is 1. The van der Waals surface area contributed by atoms with Gasteiger partial charge in [-0.25, -0.2) is 0 Å². The molecule has 3 heteroatoms. The summed E-state index contributed by atoms with van der Waals surface area (Å²) in [6.45, 7) is 5.89. The Morgan fingerprint density at radius 1 is 1.05 bits per heavy atom. The van der Waals surface area contributed by atoms with Gasteiger partial charge in [-0.15, -0.1) is 0 Å². The summed E-state index contributed by atoms with van der Waals surface area (Å²) in [7, 11) is 0. The summed E-state index contributed by atoms with van der Waals surface area (Å²) >= 11 is 0. The third-order valence-corrected chi connectivity index (χ3v) is 3.30. The largest absolute Gasteiger partial charge is 0.489 e. The van der Waals surface area contributed by atoms with Crippen LogP contribution in [-0.4, -0.2) is 11.5 Å². The number of ether oxygens (including phenoxy) is 1. The lowest BCUT2D eigenvalue weighted by Crippen LogP contribution is -2.19. The minimum atomic E-state index is 0.425. The van der Waals surface area contributed by atoms with Crippen LogP contribution in [0.25, 0.3) is 0 Å². The minimum Gasteiger partial charge on any atom is -0.489 e. The highest BCUT2D eigenvalue weighted by molar-refractivity contribution is 5.29. The van der Waals surface area contributed by atoms with Gasteiger partial charge < -0.3 is 10.1 Å². The maximum atomic E-state index is 5.77. The second-order valence-electron chi connectivity index (χ2n) is 4.73. The van der Waals surface area contributed by atoms with Crippen molar-refractivity contribution >= 4 is 0 Å². The van der Waals surface area contributed by atoms with Gasteiger partial charge in [0.15, 0.2) is 0 Å². The van der Waals surface area contributed by atoms with E-state index in [0.29, 0.717) is 12.6 Å². The van der Waals surface area contributed by atoms with Gasteiger partial charge in [0, 0.05) is 18.4 Å². The van der Waals surface area contributed by atoms with Gasteiger partial charge in [-0.2, -0.15) is 0 Å². The molecule has 20 heavy (non-hydrogen) atoms. The molecule has 1 heterocycles. The third-order valence-electron chi connectivity index (χ3n) is 3.30. The van der Waals surface area contributed by atoms with Crippen molar-refractivity contribution in [3.63, 3.8) is 0 Å². The maximum absolute atomic E-state index is 5.77. The van der Waals surface area contributed by atoms with Crippen molar-refractivity contribution in [1.82, 2.24) is 10.3 Å². The van der Waals surface area contributed by atoms with E-state index in [0.717, 1.165) is 24.3 Å². The van der Waals surface area contributed by atoms with Gasteiger partial charge in [0.2, 0.25) is 0 Å². The molecule has 0 aliphatic rings. The predicted molar refractivity (Wildman–Crippen MR) is 81.7 cm³/mol. The van der Waals surface area contributed by atoms with Gasteiger partial charge in [0.1, 0.15) is 12.4 Å². The van der Waals surface area contributed by atoms with E-state index in [9.17, 15) is 0 Å². The van der Waals surface area contributed by atoms with Gasteiger partial charge in [-0.1, -0.05) is 26.0 Å². The van der Waals surface area contributed by atoms with Crippen LogP contribution < -0.4 is 10.1 Å². The summed E-state index contributed by atoms with van der Waals surface area (Å²) in [4.78, 5) is 4.00. The fourth-order valence-electron chi connectivity index (χ4n) is 2.19. The van der Waals surface area contributed by atoms with Crippen LogP contribution in [-0.2, 0) is 6.61 Å². The van der Waals surface area contributed by atoms with Crippen LogP contribution in [0.1, 0.15) is 37.4 Å². The molecular formula is C17H22N2O.